The van der Waals surface area contributed by atoms with Gasteiger partial charge < -0.3 is 14.6 Å². The molecule has 0 spiro atoms. The van der Waals surface area contributed by atoms with Crippen LogP contribution < -0.4 is 0 Å². The number of esters is 1. The van der Waals surface area contributed by atoms with Gasteiger partial charge in [0.05, 0.1) is 11.6 Å². The number of aliphatic hydroxyl groups excluding tert-OH is 1. The molecule has 0 aliphatic rings. The third kappa shape index (κ3) is 3.26. The van der Waals surface area contributed by atoms with Crippen LogP contribution in [0.5, 0.6) is 0 Å². The average molecular weight is 245 g/mol. The van der Waals surface area contributed by atoms with E-state index in [4.69, 9.17) is 9.47 Å². The van der Waals surface area contributed by atoms with Crippen molar-refractivity contribution in [1.29, 1.82) is 0 Å². The zero-order valence-corrected chi connectivity index (χ0v) is 10.3. The Labute approximate surface area is 98.0 Å². The van der Waals surface area contributed by atoms with E-state index >= 15 is 0 Å². The average Bonchev–Trinajstić information content (AvgIpc) is 2.59. The first kappa shape index (κ1) is 13.1. The number of carbonyl (C=O) groups excluding carboxylic acids is 1. The van der Waals surface area contributed by atoms with E-state index in [2.05, 4.69) is 4.98 Å². The van der Waals surface area contributed by atoms with Crippen molar-refractivity contribution >= 4 is 17.3 Å². The lowest BCUT2D eigenvalue weighted by molar-refractivity contribution is -0.0716. The Morgan fingerprint density at radius 2 is 2.31 bits per heavy atom. The van der Waals surface area contributed by atoms with Crippen molar-refractivity contribution in [3.05, 3.63) is 15.6 Å². The summed E-state index contributed by atoms with van der Waals surface area (Å²) >= 11 is 1.36. The van der Waals surface area contributed by atoms with E-state index < -0.39 is 12.3 Å². The number of nitrogens with zero attached hydrogens (tertiary/aromatic N) is 1. The molecule has 1 rings (SSSR count). The van der Waals surface area contributed by atoms with E-state index in [0.717, 1.165) is 5.01 Å². The summed E-state index contributed by atoms with van der Waals surface area (Å²) in [7, 11) is 1.41. The second-order valence-corrected chi connectivity index (χ2v) is 4.41. The summed E-state index contributed by atoms with van der Waals surface area (Å²) in [5, 5.41) is 10.1. The van der Waals surface area contributed by atoms with Crippen LogP contribution in [0.4, 0.5) is 0 Å². The topological polar surface area (TPSA) is 68.7 Å². The van der Waals surface area contributed by atoms with Gasteiger partial charge in [-0.15, -0.1) is 11.3 Å². The second-order valence-electron chi connectivity index (χ2n) is 3.12. The van der Waals surface area contributed by atoms with Gasteiger partial charge in [0, 0.05) is 18.4 Å². The molecule has 0 aromatic carbocycles. The zero-order chi connectivity index (χ0) is 12.1. The van der Waals surface area contributed by atoms with Crippen LogP contribution in [0.15, 0.2) is 0 Å². The maximum Gasteiger partial charge on any atom is 0.358 e. The molecule has 0 aliphatic carbocycles. The lowest BCUT2D eigenvalue weighted by Crippen LogP contribution is -2.15. The maximum atomic E-state index is 11.5. The number of rotatable bonds is 5. The third-order valence-corrected chi connectivity index (χ3v) is 2.90. The SMILES string of the molecule is CCOC(=O)c1nc(C)sc1CC(O)OC. The number of carbonyl (C=O) groups is 1. The van der Waals surface area contributed by atoms with Crippen LogP contribution in [0.2, 0.25) is 0 Å². The van der Waals surface area contributed by atoms with Gasteiger partial charge >= 0.3 is 5.97 Å². The Balaban J connectivity index is 2.86. The number of aryl methyl sites for hydroxylation is 1. The van der Waals surface area contributed by atoms with Gasteiger partial charge in [-0.1, -0.05) is 0 Å². The molecule has 0 saturated carbocycles. The minimum atomic E-state index is -0.923. The maximum absolute atomic E-state index is 11.5. The molecule has 0 fully saturated rings. The molecule has 1 unspecified atom stereocenters. The van der Waals surface area contributed by atoms with Gasteiger partial charge in [0.15, 0.2) is 12.0 Å². The first-order chi connectivity index (χ1) is 7.58. The van der Waals surface area contributed by atoms with Gasteiger partial charge in [0.2, 0.25) is 0 Å². The zero-order valence-electron chi connectivity index (χ0n) is 9.52. The summed E-state index contributed by atoms with van der Waals surface area (Å²) in [5.74, 6) is -0.454. The number of thiazole rings is 1. The molecule has 1 heterocycles. The van der Waals surface area contributed by atoms with Gasteiger partial charge in [-0.3, -0.25) is 0 Å². The van der Waals surface area contributed by atoms with E-state index in [1.807, 2.05) is 0 Å². The smallest absolute Gasteiger partial charge is 0.358 e. The van der Waals surface area contributed by atoms with E-state index in [1.165, 1.54) is 18.4 Å². The van der Waals surface area contributed by atoms with Crippen molar-refractivity contribution in [2.75, 3.05) is 13.7 Å². The molecule has 0 saturated heterocycles. The summed E-state index contributed by atoms with van der Waals surface area (Å²) in [6, 6.07) is 0. The van der Waals surface area contributed by atoms with Crippen molar-refractivity contribution in [2.24, 2.45) is 0 Å². The highest BCUT2D eigenvalue weighted by molar-refractivity contribution is 7.11. The molecule has 6 heteroatoms. The van der Waals surface area contributed by atoms with Crippen molar-refractivity contribution < 1.29 is 19.4 Å². The third-order valence-electron chi connectivity index (χ3n) is 1.91. The Morgan fingerprint density at radius 1 is 1.62 bits per heavy atom. The van der Waals surface area contributed by atoms with Gasteiger partial charge in [-0.05, 0) is 13.8 Å². The monoisotopic (exact) mass is 245 g/mol. The Morgan fingerprint density at radius 3 is 2.88 bits per heavy atom. The quantitative estimate of drug-likeness (QED) is 0.622. The number of hydrogen-bond donors (Lipinski definition) is 1. The largest absolute Gasteiger partial charge is 0.461 e. The molecule has 1 atom stereocenters. The van der Waals surface area contributed by atoms with Crippen LogP contribution in [0.1, 0.15) is 27.3 Å². The normalized spacial score (nSPS) is 12.5. The van der Waals surface area contributed by atoms with Gasteiger partial charge in [-0.25, -0.2) is 9.78 Å². The number of methoxy groups -OCH3 is 1. The second kappa shape index (κ2) is 5.93. The lowest BCUT2D eigenvalue weighted by Gasteiger charge is -2.07. The molecular weight excluding hydrogens is 230 g/mol. The number of aromatic nitrogens is 1. The first-order valence-electron chi connectivity index (χ1n) is 4.92. The van der Waals surface area contributed by atoms with Gasteiger partial charge in [-0.2, -0.15) is 0 Å². The molecular formula is C10H15NO4S. The number of ether oxygens (including phenoxy) is 2. The highest BCUT2D eigenvalue weighted by atomic mass is 32.1. The predicted octanol–water partition coefficient (Wildman–Crippen LogP) is 1.14. The van der Waals surface area contributed by atoms with Crippen molar-refractivity contribution in [2.45, 2.75) is 26.6 Å². The summed E-state index contributed by atoms with van der Waals surface area (Å²) in [4.78, 5) is 16.3. The fourth-order valence-corrected chi connectivity index (χ4v) is 2.15. The van der Waals surface area contributed by atoms with Crippen LogP contribution in [0, 0.1) is 6.92 Å². The summed E-state index contributed by atoms with van der Waals surface area (Å²) in [6.07, 6.45) is -0.677. The molecule has 0 bridgehead atoms. The van der Waals surface area contributed by atoms with Gasteiger partial charge in [0.25, 0.3) is 0 Å². The number of hydrogen-bond acceptors (Lipinski definition) is 6. The predicted molar refractivity (Wildman–Crippen MR) is 59.5 cm³/mol. The molecule has 90 valence electrons. The van der Waals surface area contributed by atoms with E-state index in [0.29, 0.717) is 11.5 Å². The molecule has 0 amide bonds. The van der Waals surface area contributed by atoms with Crippen LogP contribution >= 0.6 is 11.3 Å². The summed E-state index contributed by atoms with van der Waals surface area (Å²) < 4.78 is 9.62. The van der Waals surface area contributed by atoms with Crippen molar-refractivity contribution in [3.8, 4) is 0 Å². The summed E-state index contributed by atoms with van der Waals surface area (Å²) in [5.41, 5.74) is 0.278. The Bertz CT molecular complexity index is 364. The van der Waals surface area contributed by atoms with E-state index in [-0.39, 0.29) is 12.1 Å². The minimum absolute atomic E-state index is 0.246. The molecule has 5 nitrogen and oxygen atoms in total. The standard InChI is InChI=1S/C10H15NO4S/c1-4-15-10(13)9-7(5-8(12)14-3)16-6(2)11-9/h8,12H,4-5H2,1-3H3. The van der Waals surface area contributed by atoms with Crippen LogP contribution in [-0.4, -0.2) is 36.1 Å². The van der Waals surface area contributed by atoms with Crippen LogP contribution in [0.3, 0.4) is 0 Å². The molecule has 1 aromatic heterocycles. The minimum Gasteiger partial charge on any atom is -0.461 e. The van der Waals surface area contributed by atoms with Crippen molar-refractivity contribution in [1.82, 2.24) is 4.98 Å². The number of aliphatic hydroxyl groups is 1. The molecule has 1 aromatic rings. The summed E-state index contributed by atoms with van der Waals surface area (Å²) in [6.45, 7) is 3.85. The van der Waals surface area contributed by atoms with Crippen LogP contribution in [-0.2, 0) is 15.9 Å². The van der Waals surface area contributed by atoms with E-state index in [1.54, 1.807) is 13.8 Å². The van der Waals surface area contributed by atoms with E-state index in [9.17, 15) is 9.90 Å². The lowest BCUT2D eigenvalue weighted by atomic mass is 10.3. The molecule has 16 heavy (non-hydrogen) atoms. The highest BCUT2D eigenvalue weighted by Gasteiger charge is 2.19. The molecule has 0 radical (unpaired) electrons. The van der Waals surface area contributed by atoms with Gasteiger partial charge in [0.1, 0.15) is 0 Å². The Kier molecular flexibility index (Phi) is 4.85. The molecule has 0 aliphatic heterocycles. The van der Waals surface area contributed by atoms with Crippen molar-refractivity contribution in [3.63, 3.8) is 0 Å². The fraction of sp³-hybridized carbons (Fsp3) is 0.600. The highest BCUT2D eigenvalue weighted by Crippen LogP contribution is 2.20. The Hall–Kier alpha value is -0.980. The molecule has 1 N–H and O–H groups in total. The fourth-order valence-electron chi connectivity index (χ4n) is 1.21. The first-order valence-corrected chi connectivity index (χ1v) is 5.74. The van der Waals surface area contributed by atoms with Crippen LogP contribution in [0.25, 0.3) is 0 Å².